The van der Waals surface area contributed by atoms with Crippen molar-refractivity contribution >= 4 is 44.9 Å². The molecule has 3 heterocycles. The summed E-state index contributed by atoms with van der Waals surface area (Å²) >= 11 is 1.44. The normalized spacial score (nSPS) is 19.5. The van der Waals surface area contributed by atoms with Gasteiger partial charge in [-0.25, -0.2) is 19.3 Å². The Labute approximate surface area is 164 Å². The topological polar surface area (TPSA) is 132 Å². The number of carbonyl (C=O) groups is 1. The van der Waals surface area contributed by atoms with Gasteiger partial charge in [0.25, 0.3) is 5.91 Å². The molecule has 6 N–H and O–H groups in total. The summed E-state index contributed by atoms with van der Waals surface area (Å²) in [6, 6.07) is 2.78. The third-order valence-electron chi connectivity index (χ3n) is 4.83. The summed E-state index contributed by atoms with van der Waals surface area (Å²) in [5.74, 6) is -1.22. The number of amides is 1. The van der Waals surface area contributed by atoms with E-state index in [1.54, 1.807) is 11.7 Å². The number of rotatable bonds is 5. The van der Waals surface area contributed by atoms with Gasteiger partial charge in [0.1, 0.15) is 5.82 Å². The van der Waals surface area contributed by atoms with E-state index in [1.807, 2.05) is 6.07 Å². The third-order valence-corrected chi connectivity index (χ3v) is 5.60. The summed E-state index contributed by atoms with van der Waals surface area (Å²) in [7, 11) is 0. The molecule has 1 aliphatic carbocycles. The van der Waals surface area contributed by atoms with Gasteiger partial charge in [-0.3, -0.25) is 4.79 Å². The average molecular weight is 401 g/mol. The second-order valence-electron chi connectivity index (χ2n) is 6.80. The molecule has 0 spiro atoms. The van der Waals surface area contributed by atoms with Gasteiger partial charge in [0.15, 0.2) is 17.3 Å². The summed E-state index contributed by atoms with van der Waals surface area (Å²) < 4.78 is 15.4. The van der Waals surface area contributed by atoms with Gasteiger partial charge in [0.05, 0.1) is 27.7 Å². The fourth-order valence-electron chi connectivity index (χ4n) is 3.35. The molecule has 1 saturated carbocycles. The van der Waals surface area contributed by atoms with E-state index >= 15 is 0 Å². The summed E-state index contributed by atoms with van der Waals surface area (Å²) in [6.45, 7) is 0. The number of primary amides is 1. The van der Waals surface area contributed by atoms with Crippen LogP contribution in [0.4, 0.5) is 21.7 Å². The molecule has 1 aliphatic rings. The monoisotopic (exact) mass is 401 g/mol. The number of fused-ring (bicyclic) bond motifs is 1. The van der Waals surface area contributed by atoms with Gasteiger partial charge < -0.3 is 22.1 Å². The fourth-order valence-corrected chi connectivity index (χ4v) is 4.02. The summed E-state index contributed by atoms with van der Waals surface area (Å²) in [4.78, 5) is 24.5. The molecule has 1 fully saturated rings. The molecular weight excluding hydrogens is 381 g/mol. The number of nitrogens with zero attached hydrogens (tertiary/aromatic N) is 3. The number of hydrogen-bond donors (Lipinski definition) is 4. The predicted octanol–water partition coefficient (Wildman–Crippen LogP) is 2.75. The summed E-state index contributed by atoms with van der Waals surface area (Å²) in [5, 5.41) is 6.11. The minimum absolute atomic E-state index is 0.0413. The highest BCUT2D eigenvalue weighted by atomic mass is 32.1. The number of anilines is 3. The Hall–Kier alpha value is -2.85. The first kappa shape index (κ1) is 18.5. The Morgan fingerprint density at radius 3 is 2.82 bits per heavy atom. The van der Waals surface area contributed by atoms with Crippen LogP contribution in [0, 0.1) is 5.82 Å². The van der Waals surface area contributed by atoms with Crippen molar-refractivity contribution in [1.29, 1.82) is 0 Å². The number of nitrogens with one attached hydrogen (secondary N) is 2. The van der Waals surface area contributed by atoms with E-state index in [0.717, 1.165) is 36.4 Å². The molecule has 1 unspecified atom stereocenters. The van der Waals surface area contributed by atoms with E-state index in [1.165, 1.54) is 11.3 Å². The molecule has 146 valence electrons. The van der Waals surface area contributed by atoms with Gasteiger partial charge in [0, 0.05) is 12.1 Å². The van der Waals surface area contributed by atoms with E-state index in [-0.39, 0.29) is 29.3 Å². The number of pyridine rings is 2. The Morgan fingerprint density at radius 1 is 1.21 bits per heavy atom. The first-order chi connectivity index (χ1) is 13.5. The lowest BCUT2D eigenvalue weighted by molar-refractivity contribution is 0.100. The third kappa shape index (κ3) is 3.73. The van der Waals surface area contributed by atoms with Crippen LogP contribution in [0.1, 0.15) is 36.0 Å². The zero-order valence-electron chi connectivity index (χ0n) is 15.0. The van der Waals surface area contributed by atoms with Crippen molar-refractivity contribution in [3.63, 3.8) is 0 Å². The maximum Gasteiger partial charge on any atom is 0.252 e. The lowest BCUT2D eigenvalue weighted by Gasteiger charge is -2.30. The highest BCUT2D eigenvalue weighted by Gasteiger charge is 2.24. The number of thiazole rings is 1. The van der Waals surface area contributed by atoms with Gasteiger partial charge in [-0.05, 0) is 25.0 Å². The number of nitrogens with two attached hydrogens (primary N) is 2. The molecule has 10 heteroatoms. The first-order valence-corrected chi connectivity index (χ1v) is 9.88. The number of hydrogen-bond acceptors (Lipinski definition) is 8. The SMILES string of the molecule is NC(=O)c1cc(F)c(N[C@@H]2CCCCC2N)nc1Nc1cnc2ncsc2c1. The van der Waals surface area contributed by atoms with E-state index in [9.17, 15) is 9.18 Å². The van der Waals surface area contributed by atoms with E-state index in [4.69, 9.17) is 11.5 Å². The fraction of sp³-hybridized carbons (Fsp3) is 0.333. The van der Waals surface area contributed by atoms with Crippen LogP contribution in [0.15, 0.2) is 23.8 Å². The summed E-state index contributed by atoms with van der Waals surface area (Å²) in [6.07, 6.45) is 5.38. The van der Waals surface area contributed by atoms with Gasteiger partial charge in [0.2, 0.25) is 0 Å². The second-order valence-corrected chi connectivity index (χ2v) is 7.69. The van der Waals surface area contributed by atoms with Crippen LogP contribution < -0.4 is 22.1 Å². The van der Waals surface area contributed by atoms with Crippen molar-refractivity contribution < 1.29 is 9.18 Å². The molecular formula is C18H20FN7OS. The number of aromatic nitrogens is 3. The minimum atomic E-state index is -0.776. The van der Waals surface area contributed by atoms with Crippen molar-refractivity contribution in [2.45, 2.75) is 37.8 Å². The second kappa shape index (κ2) is 7.64. The molecule has 0 aromatic carbocycles. The van der Waals surface area contributed by atoms with Crippen molar-refractivity contribution in [1.82, 2.24) is 15.0 Å². The largest absolute Gasteiger partial charge is 0.365 e. The smallest absolute Gasteiger partial charge is 0.252 e. The minimum Gasteiger partial charge on any atom is -0.365 e. The molecule has 0 bridgehead atoms. The lowest BCUT2D eigenvalue weighted by Crippen LogP contribution is -2.43. The molecule has 28 heavy (non-hydrogen) atoms. The molecule has 3 aromatic heterocycles. The zero-order valence-corrected chi connectivity index (χ0v) is 15.8. The Balaban J connectivity index is 1.66. The van der Waals surface area contributed by atoms with Crippen LogP contribution >= 0.6 is 11.3 Å². The molecule has 2 atom stereocenters. The zero-order chi connectivity index (χ0) is 19.7. The van der Waals surface area contributed by atoms with Gasteiger partial charge in [-0.15, -0.1) is 11.3 Å². The van der Waals surface area contributed by atoms with Crippen LogP contribution in [0.25, 0.3) is 10.3 Å². The highest BCUT2D eigenvalue weighted by molar-refractivity contribution is 7.16. The predicted molar refractivity (Wildman–Crippen MR) is 107 cm³/mol. The number of carbonyl (C=O) groups excluding carboxylic acids is 1. The van der Waals surface area contributed by atoms with Crippen molar-refractivity contribution in [3.05, 3.63) is 35.2 Å². The van der Waals surface area contributed by atoms with Gasteiger partial charge in [-0.2, -0.15) is 0 Å². The molecule has 8 nitrogen and oxygen atoms in total. The van der Waals surface area contributed by atoms with Crippen LogP contribution in [0.2, 0.25) is 0 Å². The summed E-state index contributed by atoms with van der Waals surface area (Å²) in [5.41, 5.74) is 14.4. The average Bonchev–Trinajstić information content (AvgIpc) is 3.13. The van der Waals surface area contributed by atoms with Gasteiger partial charge in [-0.1, -0.05) is 12.8 Å². The van der Waals surface area contributed by atoms with E-state index in [2.05, 4.69) is 25.6 Å². The van der Waals surface area contributed by atoms with Crippen LogP contribution in [-0.4, -0.2) is 32.9 Å². The Bertz CT molecular complexity index is 1020. The quantitative estimate of drug-likeness (QED) is 0.517. The molecule has 1 amide bonds. The first-order valence-electron chi connectivity index (χ1n) is 9.00. The molecule has 0 aliphatic heterocycles. The Kier molecular flexibility index (Phi) is 5.05. The van der Waals surface area contributed by atoms with Crippen LogP contribution in [0.3, 0.4) is 0 Å². The molecule has 3 aromatic rings. The van der Waals surface area contributed by atoms with Crippen LogP contribution in [-0.2, 0) is 0 Å². The van der Waals surface area contributed by atoms with Crippen LogP contribution in [0.5, 0.6) is 0 Å². The Morgan fingerprint density at radius 2 is 2.04 bits per heavy atom. The maximum absolute atomic E-state index is 14.6. The van der Waals surface area contributed by atoms with Crippen molar-refractivity contribution in [2.75, 3.05) is 10.6 Å². The molecule has 0 radical (unpaired) electrons. The lowest BCUT2D eigenvalue weighted by atomic mass is 9.91. The van der Waals surface area contributed by atoms with E-state index in [0.29, 0.717) is 11.3 Å². The number of halogens is 1. The van der Waals surface area contributed by atoms with Gasteiger partial charge >= 0.3 is 0 Å². The molecule has 0 saturated heterocycles. The highest BCUT2D eigenvalue weighted by Crippen LogP contribution is 2.28. The maximum atomic E-state index is 14.6. The molecule has 4 rings (SSSR count). The van der Waals surface area contributed by atoms with Crippen molar-refractivity contribution in [2.24, 2.45) is 11.5 Å². The van der Waals surface area contributed by atoms with E-state index < -0.39 is 11.7 Å². The standard InChI is InChI=1S/C18H20FN7OS/c19-11-6-10(15(21)27)16(24-9-5-14-18(22-7-9)23-8-28-14)26-17(11)25-13-4-2-1-3-12(13)20/h5-8,12-13H,1-4,20H2,(H2,21,27)(H2,24,25,26)/t12?,13-/m1/s1. The van der Waals surface area contributed by atoms with Crippen molar-refractivity contribution in [3.8, 4) is 0 Å².